The highest BCUT2D eigenvalue weighted by Gasteiger charge is 2.65. The zero-order valence-corrected chi connectivity index (χ0v) is 34.2. The molecule has 2 aliphatic carbocycles. The molecule has 1 heterocycles. The summed E-state index contributed by atoms with van der Waals surface area (Å²) < 4.78 is 26.3. The minimum absolute atomic E-state index is 0.0988. The molecule has 1 aliphatic heterocycles. The van der Waals surface area contributed by atoms with Crippen LogP contribution in [0.15, 0.2) is 90.1 Å². The zero-order chi connectivity index (χ0) is 40.5. The third-order valence-corrected chi connectivity index (χ3v) is 12.0. The quantitative estimate of drug-likeness (QED) is 0.0707. The molecule has 0 bridgehead atoms. The van der Waals surface area contributed by atoms with Crippen molar-refractivity contribution in [2.75, 3.05) is 40.6 Å². The molecule has 1 fully saturated rings. The maximum Gasteiger partial charge on any atom is 0.239 e. The Labute approximate surface area is 338 Å². The van der Waals surface area contributed by atoms with Crippen LogP contribution < -0.4 is 14.2 Å². The molecular weight excluding hydrogens is 721 g/mol. The van der Waals surface area contributed by atoms with Crippen LogP contribution in [0.2, 0.25) is 0 Å². The lowest BCUT2D eigenvalue weighted by atomic mass is 9.55. The van der Waals surface area contributed by atoms with Crippen molar-refractivity contribution in [2.24, 2.45) is 22.9 Å². The van der Waals surface area contributed by atoms with E-state index >= 15 is 0 Å². The number of aliphatic hydroxyl groups excluding tert-OH is 2. The van der Waals surface area contributed by atoms with E-state index in [9.17, 15) is 15.0 Å². The number of nitrogens with zero attached hydrogens (tertiary/aromatic N) is 2. The number of ether oxygens (including phenoxy) is 4. The average Bonchev–Trinajstić information content (AvgIpc) is 3.21. The second kappa shape index (κ2) is 19.2. The molecule has 1 saturated carbocycles. The largest absolute Gasteiger partial charge is 0.497 e. The van der Waals surface area contributed by atoms with Gasteiger partial charge in [0.15, 0.2) is 0 Å². The van der Waals surface area contributed by atoms with Crippen molar-refractivity contribution in [3.8, 4) is 23.0 Å². The number of fused-ring (bicyclic) bond motifs is 2. The van der Waals surface area contributed by atoms with E-state index in [1.54, 1.807) is 18.1 Å². The summed E-state index contributed by atoms with van der Waals surface area (Å²) in [6.45, 7) is 10.9. The molecule has 0 spiro atoms. The molecule has 306 valence electrons. The van der Waals surface area contributed by atoms with Gasteiger partial charge in [-0.25, -0.2) is 0 Å². The Morgan fingerprint density at radius 2 is 1.74 bits per heavy atom. The smallest absolute Gasteiger partial charge is 0.239 e. The van der Waals surface area contributed by atoms with E-state index in [1.165, 1.54) is 5.56 Å². The second-order valence-corrected chi connectivity index (χ2v) is 15.6. The number of hydrogen-bond acceptors (Lipinski definition) is 9. The summed E-state index contributed by atoms with van der Waals surface area (Å²) in [5.74, 6) is 1.12. The molecule has 0 aromatic heterocycles. The van der Waals surface area contributed by atoms with Gasteiger partial charge in [-0.1, -0.05) is 48.3 Å². The van der Waals surface area contributed by atoms with Crippen LogP contribution >= 0.6 is 0 Å². The average molecular weight is 781 g/mol. The molecule has 1 amide bonds. The summed E-state index contributed by atoms with van der Waals surface area (Å²) >= 11 is 0. The first-order chi connectivity index (χ1) is 27.7. The van der Waals surface area contributed by atoms with Gasteiger partial charge in [-0.3, -0.25) is 4.79 Å². The number of allylic oxidation sites excluding steroid dienone is 1. The molecule has 6 unspecified atom stereocenters. The van der Waals surface area contributed by atoms with E-state index in [2.05, 4.69) is 44.7 Å². The second-order valence-electron chi connectivity index (χ2n) is 15.6. The first-order valence-electron chi connectivity index (χ1n) is 20.5. The summed E-state index contributed by atoms with van der Waals surface area (Å²) in [4.78, 5) is 22.0. The number of methoxy groups -OCH3 is 1. The Hall–Kier alpha value is -4.64. The van der Waals surface area contributed by atoms with Crippen LogP contribution in [0.3, 0.4) is 0 Å². The van der Waals surface area contributed by atoms with E-state index < -0.39 is 11.8 Å². The summed E-state index contributed by atoms with van der Waals surface area (Å²) in [6.07, 6.45) is 9.39. The van der Waals surface area contributed by atoms with Crippen molar-refractivity contribution >= 4 is 11.6 Å². The van der Waals surface area contributed by atoms with Crippen molar-refractivity contribution < 1.29 is 38.8 Å². The van der Waals surface area contributed by atoms with Gasteiger partial charge in [0.25, 0.3) is 0 Å². The van der Waals surface area contributed by atoms with E-state index in [0.29, 0.717) is 43.1 Å². The molecule has 3 aromatic rings. The molecule has 0 radical (unpaired) electrons. The van der Waals surface area contributed by atoms with Crippen LogP contribution in [-0.4, -0.2) is 79.1 Å². The first-order valence-corrected chi connectivity index (χ1v) is 20.5. The number of benzene rings is 3. The molecular formula is C47H60N2O8. The molecule has 3 aliphatic rings. The van der Waals surface area contributed by atoms with Crippen molar-refractivity contribution in [1.29, 1.82) is 0 Å². The maximum absolute atomic E-state index is 14.4. The SMILES string of the molecule is C=CCOC12Oc3ccc(Oc4ccc(C)c(C)c4)cc3C3C(CCCCO)C(CCCCO)C=C(C(=NOCC)CC1N(C)C(=O)Cc1cccc(OC)c1)C32. The van der Waals surface area contributed by atoms with Crippen molar-refractivity contribution in [1.82, 2.24) is 4.90 Å². The Kier molecular flexibility index (Phi) is 14.1. The Balaban J connectivity index is 1.53. The predicted molar refractivity (Wildman–Crippen MR) is 222 cm³/mol. The van der Waals surface area contributed by atoms with Gasteiger partial charge in [-0.2, -0.15) is 0 Å². The molecule has 2 N–H and O–H groups in total. The van der Waals surface area contributed by atoms with Crippen molar-refractivity contribution in [3.05, 3.63) is 107 Å². The monoisotopic (exact) mass is 780 g/mol. The van der Waals surface area contributed by atoms with Gasteiger partial charge in [0, 0.05) is 38.2 Å². The van der Waals surface area contributed by atoms with E-state index in [4.69, 9.17) is 28.9 Å². The molecule has 6 atom stereocenters. The Morgan fingerprint density at radius 1 is 0.982 bits per heavy atom. The van der Waals surface area contributed by atoms with Gasteiger partial charge in [0.2, 0.25) is 11.7 Å². The third kappa shape index (κ3) is 9.09. The van der Waals surface area contributed by atoms with Crippen LogP contribution in [0.4, 0.5) is 0 Å². The number of carbonyl (C=O) groups is 1. The lowest BCUT2D eigenvalue weighted by Gasteiger charge is -2.59. The van der Waals surface area contributed by atoms with Gasteiger partial charge in [0.05, 0.1) is 31.8 Å². The molecule has 10 nitrogen and oxygen atoms in total. The first kappa shape index (κ1) is 42.0. The molecule has 10 heteroatoms. The summed E-state index contributed by atoms with van der Waals surface area (Å²) in [7, 11) is 3.44. The Morgan fingerprint density at radius 3 is 2.46 bits per heavy atom. The van der Waals surface area contributed by atoms with E-state index in [0.717, 1.165) is 59.4 Å². The highest BCUT2D eigenvalue weighted by Crippen LogP contribution is 2.62. The number of amides is 1. The highest BCUT2D eigenvalue weighted by atomic mass is 16.7. The van der Waals surface area contributed by atoms with E-state index in [-0.39, 0.29) is 55.8 Å². The number of aliphatic hydroxyl groups is 2. The lowest BCUT2D eigenvalue weighted by Crippen LogP contribution is -2.69. The summed E-state index contributed by atoms with van der Waals surface area (Å²) in [5, 5.41) is 24.5. The topological polar surface area (TPSA) is 119 Å². The molecule has 0 saturated heterocycles. The van der Waals surface area contributed by atoms with Gasteiger partial charge < -0.3 is 38.9 Å². The van der Waals surface area contributed by atoms with E-state index in [1.807, 2.05) is 56.4 Å². The molecule has 57 heavy (non-hydrogen) atoms. The van der Waals surface area contributed by atoms with Crippen LogP contribution in [0.25, 0.3) is 0 Å². The number of aryl methyl sites for hydroxylation is 2. The number of carbonyl (C=O) groups excluding carboxylic acids is 1. The van der Waals surface area contributed by atoms with Crippen molar-refractivity contribution in [2.45, 2.75) is 89.9 Å². The number of unbranched alkanes of at least 4 members (excludes halogenated alkanes) is 2. The predicted octanol–water partition coefficient (Wildman–Crippen LogP) is 8.46. The van der Waals surface area contributed by atoms with Crippen LogP contribution in [-0.2, 0) is 20.8 Å². The maximum atomic E-state index is 14.4. The van der Waals surface area contributed by atoms with Gasteiger partial charge in [0.1, 0.15) is 35.6 Å². The highest BCUT2D eigenvalue weighted by molar-refractivity contribution is 6.03. The fourth-order valence-electron chi connectivity index (χ4n) is 9.10. The standard InChI is InChI=1S/C47H60N2O8/c1-7-24-54-47-43(49(5)44(52)27-33-14-13-16-35(26-33)53-6)30-41(48-55-8-2)39-28-34(15-9-11-22-50)38(17-10-12-23-51)45(46(39)47)40-29-37(20-21-42(40)57-47)56-36-19-18-31(3)32(4)25-36/h7,13-14,16,18-21,25-26,28-29,34,38,43,45-46,50-51H,1,8-12,15,17,22-24,27,30H2,2-6H3. The third-order valence-electron chi connectivity index (χ3n) is 12.0. The fraction of sp³-hybridized carbons (Fsp3) is 0.489. The molecule has 3 aromatic carbocycles. The minimum Gasteiger partial charge on any atom is -0.497 e. The lowest BCUT2D eigenvalue weighted by molar-refractivity contribution is -0.255. The number of hydrogen-bond donors (Lipinski definition) is 2. The number of rotatable bonds is 19. The van der Waals surface area contributed by atoms with Gasteiger partial charge >= 0.3 is 0 Å². The zero-order valence-electron chi connectivity index (χ0n) is 34.2. The number of likely N-dealkylation sites (N-methyl/N-ethyl adjacent to an activating group) is 1. The minimum atomic E-state index is -1.32. The van der Waals surface area contributed by atoms with Gasteiger partial charge in [-0.05, 0) is 123 Å². The summed E-state index contributed by atoms with van der Waals surface area (Å²) in [5.41, 5.74) is 5.96. The summed E-state index contributed by atoms with van der Waals surface area (Å²) in [6, 6.07) is 19.1. The Bertz CT molecular complexity index is 1920. The van der Waals surface area contributed by atoms with Crippen LogP contribution in [0.1, 0.15) is 80.0 Å². The number of oxime groups is 1. The van der Waals surface area contributed by atoms with Crippen LogP contribution in [0, 0.1) is 31.6 Å². The molecule has 6 rings (SSSR count). The normalized spacial score (nSPS) is 24.1. The van der Waals surface area contributed by atoms with Crippen molar-refractivity contribution in [3.63, 3.8) is 0 Å². The van der Waals surface area contributed by atoms with Gasteiger partial charge in [-0.15, -0.1) is 6.58 Å². The van der Waals surface area contributed by atoms with Crippen LogP contribution in [0.5, 0.6) is 23.0 Å². The fourth-order valence-corrected chi connectivity index (χ4v) is 9.10.